The molecule has 2 aliphatic heterocycles. The van der Waals surface area contributed by atoms with Crippen molar-refractivity contribution >= 4 is 27.6 Å². The van der Waals surface area contributed by atoms with Gasteiger partial charge in [-0.2, -0.15) is 4.31 Å². The standard InChI is InChI=1S/C26H24N2O6S/c29-25(27-21-7-9-22(10-8-21)35(31,32)28-12-14-33-15-13-28)19-6-11-23-20(16-19)17-24(34-26(23)30)18-4-2-1-3-5-18/h1-11,16,24H,12-15,17H2,(H,27,29)/t24-/m0/s1. The maximum Gasteiger partial charge on any atom is 0.339 e. The number of carbonyl (C=O) groups is 2. The molecule has 0 radical (unpaired) electrons. The van der Waals surface area contributed by atoms with Gasteiger partial charge in [0.25, 0.3) is 5.91 Å². The zero-order valence-corrected chi connectivity index (χ0v) is 19.7. The topological polar surface area (TPSA) is 102 Å². The number of fused-ring (bicyclic) bond motifs is 1. The zero-order chi connectivity index (χ0) is 24.4. The molecule has 180 valence electrons. The largest absolute Gasteiger partial charge is 0.454 e. The number of nitrogens with zero attached hydrogens (tertiary/aromatic N) is 1. The molecular weight excluding hydrogens is 468 g/mol. The number of morpholine rings is 1. The Hall–Kier alpha value is -3.53. The summed E-state index contributed by atoms with van der Waals surface area (Å²) in [5.74, 6) is -0.768. The lowest BCUT2D eigenvalue weighted by molar-refractivity contribution is 0.0252. The number of benzene rings is 3. The highest BCUT2D eigenvalue weighted by Gasteiger charge is 2.29. The van der Waals surface area contributed by atoms with Crippen LogP contribution in [0.25, 0.3) is 0 Å². The predicted octanol–water partition coefficient (Wildman–Crippen LogP) is 3.41. The Morgan fingerprint density at radius 1 is 0.943 bits per heavy atom. The van der Waals surface area contributed by atoms with Gasteiger partial charge in [-0.1, -0.05) is 30.3 Å². The summed E-state index contributed by atoms with van der Waals surface area (Å²) < 4.78 is 37.8. The number of anilines is 1. The molecule has 0 aliphatic carbocycles. The molecule has 8 nitrogen and oxygen atoms in total. The predicted molar refractivity (Wildman–Crippen MR) is 129 cm³/mol. The van der Waals surface area contributed by atoms with Crippen molar-refractivity contribution < 1.29 is 27.5 Å². The normalized spacial score (nSPS) is 18.4. The number of amides is 1. The Morgan fingerprint density at radius 3 is 2.37 bits per heavy atom. The van der Waals surface area contributed by atoms with Crippen molar-refractivity contribution in [2.45, 2.75) is 17.4 Å². The number of rotatable bonds is 5. The number of sulfonamides is 1. The zero-order valence-electron chi connectivity index (χ0n) is 18.8. The highest BCUT2D eigenvalue weighted by atomic mass is 32.2. The van der Waals surface area contributed by atoms with Gasteiger partial charge in [0, 0.05) is 30.8 Å². The molecule has 35 heavy (non-hydrogen) atoms. The van der Waals surface area contributed by atoms with E-state index >= 15 is 0 Å². The van der Waals surface area contributed by atoms with E-state index in [-0.39, 0.29) is 10.8 Å². The molecule has 0 saturated carbocycles. The first-order valence-corrected chi connectivity index (χ1v) is 12.7. The minimum atomic E-state index is -3.61. The molecule has 2 heterocycles. The van der Waals surface area contributed by atoms with Crippen LogP contribution in [0.15, 0.2) is 77.7 Å². The minimum absolute atomic E-state index is 0.164. The lowest BCUT2D eigenvalue weighted by Crippen LogP contribution is -2.40. The average molecular weight is 493 g/mol. The molecule has 0 unspecified atom stereocenters. The average Bonchev–Trinajstić information content (AvgIpc) is 2.89. The van der Waals surface area contributed by atoms with Crippen LogP contribution >= 0.6 is 0 Å². The molecule has 1 N–H and O–H groups in total. The van der Waals surface area contributed by atoms with Crippen LogP contribution in [0.2, 0.25) is 0 Å². The Labute approximate surface area is 203 Å². The quantitative estimate of drug-likeness (QED) is 0.548. The number of nitrogens with one attached hydrogen (secondary N) is 1. The van der Waals surface area contributed by atoms with Crippen LogP contribution in [0.1, 0.15) is 37.9 Å². The number of carbonyl (C=O) groups excluding carboxylic acids is 2. The van der Waals surface area contributed by atoms with E-state index in [1.807, 2.05) is 30.3 Å². The second kappa shape index (κ2) is 9.61. The van der Waals surface area contributed by atoms with Crippen molar-refractivity contribution in [1.82, 2.24) is 4.31 Å². The van der Waals surface area contributed by atoms with Gasteiger partial charge in [-0.3, -0.25) is 4.79 Å². The van der Waals surface area contributed by atoms with E-state index < -0.39 is 22.1 Å². The fourth-order valence-electron chi connectivity index (χ4n) is 4.24. The monoisotopic (exact) mass is 492 g/mol. The molecule has 9 heteroatoms. The summed E-state index contributed by atoms with van der Waals surface area (Å²) in [6, 6.07) is 20.5. The molecule has 3 aromatic carbocycles. The third kappa shape index (κ3) is 4.84. The van der Waals surface area contributed by atoms with Crippen molar-refractivity contribution in [2.75, 3.05) is 31.6 Å². The summed E-state index contributed by atoms with van der Waals surface area (Å²) in [6.45, 7) is 1.38. The van der Waals surface area contributed by atoms with Gasteiger partial charge in [-0.05, 0) is 53.6 Å². The van der Waals surface area contributed by atoms with Crippen LogP contribution in [-0.4, -0.2) is 50.9 Å². The SMILES string of the molecule is O=C(Nc1ccc(S(=O)(=O)N2CCOCC2)cc1)c1ccc2c(c1)C[C@@H](c1ccccc1)OC2=O. The number of hydrogen-bond donors (Lipinski definition) is 1. The second-order valence-electron chi connectivity index (χ2n) is 8.38. The maximum absolute atomic E-state index is 12.9. The third-order valence-electron chi connectivity index (χ3n) is 6.13. The van der Waals surface area contributed by atoms with E-state index in [0.717, 1.165) is 11.1 Å². The first kappa shape index (κ1) is 23.2. The highest BCUT2D eigenvalue weighted by molar-refractivity contribution is 7.89. The second-order valence-corrected chi connectivity index (χ2v) is 10.3. The summed E-state index contributed by atoms with van der Waals surface area (Å²) in [7, 11) is -3.61. The van der Waals surface area contributed by atoms with Gasteiger partial charge in [-0.15, -0.1) is 0 Å². The first-order chi connectivity index (χ1) is 16.9. The van der Waals surface area contributed by atoms with Crippen molar-refractivity contribution in [1.29, 1.82) is 0 Å². The summed E-state index contributed by atoms with van der Waals surface area (Å²) in [6.07, 6.45) is 0.0656. The molecule has 1 atom stereocenters. The van der Waals surface area contributed by atoms with Crippen LogP contribution in [0.4, 0.5) is 5.69 Å². The molecule has 0 spiro atoms. The van der Waals surface area contributed by atoms with E-state index in [1.54, 1.807) is 30.3 Å². The fourth-order valence-corrected chi connectivity index (χ4v) is 5.65. The van der Waals surface area contributed by atoms with Crippen LogP contribution in [-0.2, 0) is 25.9 Å². The molecular formula is C26H24N2O6S. The molecule has 0 bridgehead atoms. The van der Waals surface area contributed by atoms with E-state index in [0.29, 0.717) is 49.5 Å². The van der Waals surface area contributed by atoms with Gasteiger partial charge in [0.15, 0.2) is 0 Å². The maximum atomic E-state index is 12.9. The molecule has 0 aromatic heterocycles. The van der Waals surface area contributed by atoms with E-state index in [4.69, 9.17) is 9.47 Å². The van der Waals surface area contributed by atoms with Crippen molar-refractivity contribution in [3.05, 3.63) is 95.1 Å². The highest BCUT2D eigenvalue weighted by Crippen LogP contribution is 2.31. The summed E-state index contributed by atoms with van der Waals surface area (Å²) in [4.78, 5) is 25.5. The molecule has 5 rings (SSSR count). The molecule has 3 aromatic rings. The molecule has 1 saturated heterocycles. The van der Waals surface area contributed by atoms with Crippen molar-refractivity contribution in [2.24, 2.45) is 0 Å². The Morgan fingerprint density at radius 2 is 1.66 bits per heavy atom. The van der Waals surface area contributed by atoms with E-state index in [1.165, 1.54) is 16.4 Å². The Bertz CT molecular complexity index is 1350. The number of hydrogen-bond acceptors (Lipinski definition) is 6. The van der Waals surface area contributed by atoms with Crippen LogP contribution < -0.4 is 5.32 Å². The van der Waals surface area contributed by atoms with Gasteiger partial charge < -0.3 is 14.8 Å². The van der Waals surface area contributed by atoms with Gasteiger partial charge in [0.2, 0.25) is 10.0 Å². The summed E-state index contributed by atoms with van der Waals surface area (Å²) >= 11 is 0. The van der Waals surface area contributed by atoms with E-state index in [9.17, 15) is 18.0 Å². The number of esters is 1. The Kier molecular flexibility index (Phi) is 6.38. The van der Waals surface area contributed by atoms with Crippen LogP contribution in [0.3, 0.4) is 0 Å². The van der Waals surface area contributed by atoms with Gasteiger partial charge in [0.1, 0.15) is 6.10 Å². The van der Waals surface area contributed by atoms with Crippen molar-refractivity contribution in [3.63, 3.8) is 0 Å². The van der Waals surface area contributed by atoms with Crippen LogP contribution in [0.5, 0.6) is 0 Å². The molecule has 2 aliphatic rings. The minimum Gasteiger partial charge on any atom is -0.454 e. The molecule has 1 amide bonds. The van der Waals surface area contributed by atoms with E-state index in [2.05, 4.69) is 5.32 Å². The lowest BCUT2D eigenvalue weighted by atomic mass is 9.93. The van der Waals surface area contributed by atoms with Gasteiger partial charge in [0.05, 0.1) is 23.7 Å². The lowest BCUT2D eigenvalue weighted by Gasteiger charge is -2.26. The molecule has 1 fully saturated rings. The van der Waals surface area contributed by atoms with Crippen molar-refractivity contribution in [3.8, 4) is 0 Å². The smallest absolute Gasteiger partial charge is 0.339 e. The third-order valence-corrected chi connectivity index (χ3v) is 8.05. The number of ether oxygens (including phenoxy) is 2. The fraction of sp³-hybridized carbons (Fsp3) is 0.231. The number of cyclic esters (lactones) is 1. The first-order valence-electron chi connectivity index (χ1n) is 11.3. The Balaban J connectivity index is 1.30. The van der Waals surface area contributed by atoms with Gasteiger partial charge >= 0.3 is 5.97 Å². The summed E-state index contributed by atoms with van der Waals surface area (Å²) in [5, 5.41) is 2.79. The summed E-state index contributed by atoms with van der Waals surface area (Å²) in [5.41, 5.74) is 2.96. The van der Waals surface area contributed by atoms with Gasteiger partial charge in [-0.25, -0.2) is 13.2 Å². The van der Waals surface area contributed by atoms with Crippen LogP contribution in [0, 0.1) is 0 Å².